The third-order valence-electron chi connectivity index (χ3n) is 5.94. The molecule has 9 heteroatoms. The van der Waals surface area contributed by atoms with Gasteiger partial charge in [-0.1, -0.05) is 12.1 Å². The highest BCUT2D eigenvalue weighted by molar-refractivity contribution is 14.0. The smallest absolute Gasteiger partial charge is 0.410 e. The number of hydrogen-bond acceptors (Lipinski definition) is 5. The maximum absolute atomic E-state index is 12.4. The molecule has 33 heavy (non-hydrogen) atoms. The van der Waals surface area contributed by atoms with Crippen molar-refractivity contribution >= 4 is 41.7 Å². The summed E-state index contributed by atoms with van der Waals surface area (Å²) in [5.41, 5.74) is 0.679. The molecule has 1 unspecified atom stereocenters. The summed E-state index contributed by atoms with van der Waals surface area (Å²) < 4.78 is 11.1. The van der Waals surface area contributed by atoms with E-state index in [-0.39, 0.29) is 30.1 Å². The van der Waals surface area contributed by atoms with Crippen LogP contribution in [0.25, 0.3) is 0 Å². The third kappa shape index (κ3) is 7.82. The van der Waals surface area contributed by atoms with E-state index in [0.717, 1.165) is 76.1 Å². The molecule has 1 N–H and O–H groups in total. The minimum atomic E-state index is -0.462. The first kappa shape index (κ1) is 27.3. The van der Waals surface area contributed by atoms with Crippen LogP contribution in [0.2, 0.25) is 0 Å². The van der Waals surface area contributed by atoms with Crippen molar-refractivity contribution < 1.29 is 14.3 Å². The zero-order valence-electron chi connectivity index (χ0n) is 20.7. The van der Waals surface area contributed by atoms with Crippen LogP contribution >= 0.6 is 24.0 Å². The number of carbonyl (C=O) groups excluding carboxylic acids is 1. The highest BCUT2D eigenvalue weighted by Gasteiger charge is 2.28. The second kappa shape index (κ2) is 12.5. The number of nitrogens with zero attached hydrogens (tertiary/aromatic N) is 4. The van der Waals surface area contributed by atoms with E-state index in [2.05, 4.69) is 32.2 Å². The minimum absolute atomic E-state index is 0. The van der Waals surface area contributed by atoms with Crippen LogP contribution in [-0.4, -0.2) is 87.4 Å². The summed E-state index contributed by atoms with van der Waals surface area (Å²) in [6, 6.07) is 8.17. The van der Waals surface area contributed by atoms with Gasteiger partial charge < -0.3 is 29.5 Å². The van der Waals surface area contributed by atoms with E-state index in [9.17, 15) is 4.79 Å². The van der Waals surface area contributed by atoms with Gasteiger partial charge in [0.25, 0.3) is 0 Å². The van der Waals surface area contributed by atoms with Gasteiger partial charge in [-0.2, -0.15) is 0 Å². The van der Waals surface area contributed by atoms with Crippen LogP contribution in [0, 0.1) is 5.92 Å². The normalized spacial score (nSPS) is 19.6. The van der Waals surface area contributed by atoms with E-state index in [0.29, 0.717) is 5.92 Å². The van der Waals surface area contributed by atoms with Crippen molar-refractivity contribution in [2.75, 3.05) is 64.9 Å². The van der Waals surface area contributed by atoms with Crippen molar-refractivity contribution in [1.29, 1.82) is 0 Å². The lowest BCUT2D eigenvalue weighted by Gasteiger charge is -2.39. The predicted octanol–water partition coefficient (Wildman–Crippen LogP) is 3.66. The Morgan fingerprint density at radius 1 is 1.12 bits per heavy atom. The predicted molar refractivity (Wildman–Crippen MR) is 144 cm³/mol. The Labute approximate surface area is 215 Å². The van der Waals surface area contributed by atoms with Crippen molar-refractivity contribution in [2.24, 2.45) is 10.9 Å². The molecule has 8 nitrogen and oxygen atoms in total. The molecular weight excluding hydrogens is 533 g/mol. The summed E-state index contributed by atoms with van der Waals surface area (Å²) >= 11 is 0. The van der Waals surface area contributed by atoms with Crippen LogP contribution in [0.15, 0.2) is 29.3 Å². The zero-order chi connectivity index (χ0) is 23.1. The van der Waals surface area contributed by atoms with Crippen LogP contribution < -0.4 is 15.0 Å². The number of likely N-dealkylation sites (tertiary alicyclic amines) is 1. The topological polar surface area (TPSA) is 69.6 Å². The molecule has 0 radical (unpaired) electrons. The Balaban J connectivity index is 0.00000385. The first-order valence-corrected chi connectivity index (χ1v) is 11.6. The lowest BCUT2D eigenvalue weighted by molar-refractivity contribution is 0.0168. The van der Waals surface area contributed by atoms with E-state index in [1.165, 1.54) is 0 Å². The van der Waals surface area contributed by atoms with Crippen molar-refractivity contribution in [2.45, 2.75) is 39.2 Å². The fourth-order valence-electron chi connectivity index (χ4n) is 4.34. The quantitative estimate of drug-likeness (QED) is 0.337. The minimum Gasteiger partial charge on any atom is -0.495 e. The van der Waals surface area contributed by atoms with Crippen LogP contribution in [-0.2, 0) is 4.74 Å². The molecule has 0 spiro atoms. The van der Waals surface area contributed by atoms with Gasteiger partial charge in [0.05, 0.1) is 12.8 Å². The molecular formula is C24H40IN5O3. The number of halogens is 1. The number of para-hydroxylation sites is 2. The van der Waals surface area contributed by atoms with E-state index in [4.69, 9.17) is 9.47 Å². The SMILES string of the molecule is CN=C(NCC1CCCN(C(=O)OC(C)(C)C)C1)N1CCN(c2ccccc2OC)CC1.I. The number of hydrogen-bond donors (Lipinski definition) is 1. The molecule has 186 valence electrons. The lowest BCUT2D eigenvalue weighted by atomic mass is 9.98. The van der Waals surface area contributed by atoms with Crippen LogP contribution in [0.1, 0.15) is 33.6 Å². The number of carbonyl (C=O) groups is 1. The molecule has 3 rings (SSSR count). The van der Waals surface area contributed by atoms with E-state index in [1.54, 1.807) is 7.11 Å². The van der Waals surface area contributed by atoms with Gasteiger partial charge in [-0.25, -0.2) is 4.79 Å². The van der Waals surface area contributed by atoms with Gasteiger partial charge in [0.2, 0.25) is 0 Å². The Hall–Kier alpha value is -1.91. The van der Waals surface area contributed by atoms with Gasteiger partial charge in [-0.15, -0.1) is 24.0 Å². The molecule has 2 aliphatic heterocycles. The van der Waals surface area contributed by atoms with Crippen molar-refractivity contribution in [1.82, 2.24) is 15.1 Å². The standard InChI is InChI=1S/C24H39N5O3.HI/c1-24(2,3)32-23(30)29-12-8-9-19(18-29)17-26-22(25-4)28-15-13-27(14-16-28)20-10-6-7-11-21(20)31-5;/h6-7,10-11,19H,8-9,12-18H2,1-5H3,(H,25,26);1H. The average molecular weight is 574 g/mol. The number of methoxy groups -OCH3 is 1. The molecule has 0 aliphatic carbocycles. The molecule has 1 amide bonds. The monoisotopic (exact) mass is 573 g/mol. The van der Waals surface area contributed by atoms with Crippen LogP contribution in [0.5, 0.6) is 5.75 Å². The average Bonchev–Trinajstić information content (AvgIpc) is 2.79. The number of amides is 1. The molecule has 2 heterocycles. The first-order chi connectivity index (χ1) is 15.3. The summed E-state index contributed by atoms with van der Waals surface area (Å²) in [6.07, 6.45) is 1.89. The van der Waals surface area contributed by atoms with E-state index < -0.39 is 5.60 Å². The number of piperidine rings is 1. The number of piperazine rings is 1. The fraction of sp³-hybridized carbons (Fsp3) is 0.667. The Morgan fingerprint density at radius 2 is 1.82 bits per heavy atom. The number of rotatable bonds is 4. The number of anilines is 1. The van der Waals surface area contributed by atoms with Gasteiger partial charge in [0, 0.05) is 52.9 Å². The van der Waals surface area contributed by atoms with Crippen molar-refractivity contribution in [3.05, 3.63) is 24.3 Å². The highest BCUT2D eigenvalue weighted by atomic mass is 127. The molecule has 2 fully saturated rings. The lowest BCUT2D eigenvalue weighted by Crippen LogP contribution is -2.54. The molecule has 0 aromatic heterocycles. The van der Waals surface area contributed by atoms with Crippen molar-refractivity contribution in [3.63, 3.8) is 0 Å². The first-order valence-electron chi connectivity index (χ1n) is 11.6. The number of benzene rings is 1. The Morgan fingerprint density at radius 3 is 2.45 bits per heavy atom. The molecule has 1 aromatic rings. The second-order valence-corrected chi connectivity index (χ2v) is 9.51. The summed E-state index contributed by atoms with van der Waals surface area (Å²) in [6.45, 7) is 11.6. The van der Waals surface area contributed by atoms with Crippen LogP contribution in [0.4, 0.5) is 10.5 Å². The Kier molecular flexibility index (Phi) is 10.4. The summed E-state index contributed by atoms with van der Waals surface area (Å²) in [5.74, 6) is 2.23. The fourth-order valence-corrected chi connectivity index (χ4v) is 4.34. The van der Waals surface area contributed by atoms with E-state index >= 15 is 0 Å². The number of ether oxygens (including phenoxy) is 2. The third-order valence-corrected chi connectivity index (χ3v) is 5.94. The van der Waals surface area contributed by atoms with Gasteiger partial charge in [0.1, 0.15) is 11.4 Å². The maximum atomic E-state index is 12.4. The van der Waals surface area contributed by atoms with Gasteiger partial charge in [-0.05, 0) is 51.7 Å². The molecule has 0 bridgehead atoms. The summed E-state index contributed by atoms with van der Waals surface area (Å²) in [5, 5.41) is 3.55. The van der Waals surface area contributed by atoms with Gasteiger partial charge >= 0.3 is 6.09 Å². The number of guanidine groups is 1. The summed E-state index contributed by atoms with van der Waals surface area (Å²) in [7, 11) is 3.55. The summed E-state index contributed by atoms with van der Waals surface area (Å²) in [4.78, 5) is 23.5. The van der Waals surface area contributed by atoms with Crippen molar-refractivity contribution in [3.8, 4) is 5.75 Å². The maximum Gasteiger partial charge on any atom is 0.410 e. The molecule has 0 saturated carbocycles. The Bertz CT molecular complexity index is 791. The zero-order valence-corrected chi connectivity index (χ0v) is 23.0. The largest absolute Gasteiger partial charge is 0.495 e. The number of nitrogens with one attached hydrogen (secondary N) is 1. The molecule has 1 aromatic carbocycles. The molecule has 1 atom stereocenters. The highest BCUT2D eigenvalue weighted by Crippen LogP contribution is 2.28. The second-order valence-electron chi connectivity index (χ2n) is 9.51. The molecule has 2 aliphatic rings. The molecule has 2 saturated heterocycles. The van der Waals surface area contributed by atoms with E-state index in [1.807, 2.05) is 44.9 Å². The van der Waals surface area contributed by atoms with Gasteiger partial charge in [0.15, 0.2) is 5.96 Å². The number of aliphatic imine (C=N–C) groups is 1. The van der Waals surface area contributed by atoms with Crippen LogP contribution in [0.3, 0.4) is 0 Å². The van der Waals surface area contributed by atoms with Gasteiger partial charge in [-0.3, -0.25) is 4.99 Å².